The van der Waals surface area contributed by atoms with Crippen molar-refractivity contribution in [3.8, 4) is 5.75 Å². The lowest BCUT2D eigenvalue weighted by Crippen LogP contribution is -2.36. The molecule has 0 saturated carbocycles. The minimum Gasteiger partial charge on any atom is -0.496 e. The highest BCUT2D eigenvalue weighted by molar-refractivity contribution is 5.41. The molecule has 1 N–H and O–H groups in total. The van der Waals surface area contributed by atoms with Gasteiger partial charge in [0, 0.05) is 29.1 Å². The third-order valence-electron chi connectivity index (χ3n) is 4.05. The van der Waals surface area contributed by atoms with Gasteiger partial charge in [-0.2, -0.15) is 0 Å². The van der Waals surface area contributed by atoms with Gasteiger partial charge in [0.25, 0.3) is 0 Å². The number of ether oxygens (including phenoxy) is 1. The zero-order chi connectivity index (χ0) is 15.1. The van der Waals surface area contributed by atoms with Crippen LogP contribution in [0.4, 0.5) is 0 Å². The maximum Gasteiger partial charge on any atom is 0.128 e. The maximum atomic E-state index is 5.49. The first-order valence-electron chi connectivity index (χ1n) is 7.77. The molecule has 2 unspecified atom stereocenters. The van der Waals surface area contributed by atoms with E-state index in [9.17, 15) is 0 Å². The van der Waals surface area contributed by atoms with Crippen molar-refractivity contribution in [3.63, 3.8) is 0 Å². The lowest BCUT2D eigenvalue weighted by molar-refractivity contribution is 0.360. The van der Waals surface area contributed by atoms with Gasteiger partial charge in [-0.05, 0) is 45.6 Å². The fraction of sp³-hybridized carbons (Fsp3) is 0.706. The molecule has 0 spiro atoms. The summed E-state index contributed by atoms with van der Waals surface area (Å²) in [6, 6.07) is 0.559. The van der Waals surface area contributed by atoms with Crippen molar-refractivity contribution in [2.75, 3.05) is 13.7 Å². The molecule has 0 amide bonds. The van der Waals surface area contributed by atoms with E-state index in [0.717, 1.165) is 36.4 Å². The summed E-state index contributed by atoms with van der Waals surface area (Å²) in [5.41, 5.74) is 3.46. The van der Waals surface area contributed by atoms with Gasteiger partial charge in [0.1, 0.15) is 5.75 Å². The van der Waals surface area contributed by atoms with Gasteiger partial charge in [0.2, 0.25) is 0 Å². The first-order valence-corrected chi connectivity index (χ1v) is 7.77. The average Bonchev–Trinajstić information content (AvgIpc) is 2.43. The lowest BCUT2D eigenvalue weighted by atomic mass is 9.92. The van der Waals surface area contributed by atoms with Gasteiger partial charge >= 0.3 is 0 Å². The third-order valence-corrected chi connectivity index (χ3v) is 4.05. The lowest BCUT2D eigenvalue weighted by Gasteiger charge is -2.24. The predicted molar refractivity (Wildman–Crippen MR) is 85.5 cm³/mol. The Labute approximate surface area is 124 Å². The maximum absolute atomic E-state index is 5.49. The number of hydrogen-bond donors (Lipinski definition) is 1. The minimum absolute atomic E-state index is 0.559. The van der Waals surface area contributed by atoms with Crippen molar-refractivity contribution in [2.45, 2.75) is 59.9 Å². The second-order valence-corrected chi connectivity index (χ2v) is 5.70. The largest absolute Gasteiger partial charge is 0.496 e. The Morgan fingerprint density at radius 3 is 2.55 bits per heavy atom. The van der Waals surface area contributed by atoms with Crippen LogP contribution in [0.2, 0.25) is 0 Å². The van der Waals surface area contributed by atoms with Gasteiger partial charge in [-0.3, -0.25) is 4.98 Å². The number of nitrogens with one attached hydrogen (secondary N) is 1. The molecule has 0 saturated heterocycles. The summed E-state index contributed by atoms with van der Waals surface area (Å²) < 4.78 is 5.49. The Morgan fingerprint density at radius 2 is 2.00 bits per heavy atom. The normalized spacial score (nSPS) is 14.1. The van der Waals surface area contributed by atoms with E-state index in [1.165, 1.54) is 12.0 Å². The summed E-state index contributed by atoms with van der Waals surface area (Å²) in [7, 11) is 1.74. The van der Waals surface area contributed by atoms with Crippen LogP contribution < -0.4 is 10.1 Å². The number of aromatic nitrogens is 1. The smallest absolute Gasteiger partial charge is 0.128 e. The minimum atomic E-state index is 0.559. The molecule has 3 heteroatoms. The molecule has 0 aliphatic carbocycles. The number of nitrogens with zero attached hydrogens (tertiary/aromatic N) is 1. The zero-order valence-corrected chi connectivity index (χ0v) is 13.9. The molecular formula is C17H30N2O. The summed E-state index contributed by atoms with van der Waals surface area (Å²) in [5.74, 6) is 1.56. The van der Waals surface area contributed by atoms with E-state index in [4.69, 9.17) is 4.74 Å². The Hall–Kier alpha value is -1.09. The summed E-state index contributed by atoms with van der Waals surface area (Å²) in [6.07, 6.45) is 5.26. The van der Waals surface area contributed by atoms with Crippen molar-refractivity contribution >= 4 is 0 Å². The van der Waals surface area contributed by atoms with Crippen LogP contribution in [0.3, 0.4) is 0 Å². The third kappa shape index (κ3) is 4.20. The topological polar surface area (TPSA) is 34.2 Å². The number of hydrogen-bond acceptors (Lipinski definition) is 3. The van der Waals surface area contributed by atoms with Crippen molar-refractivity contribution in [3.05, 3.63) is 23.0 Å². The molecule has 1 aromatic rings. The Balaban J connectivity index is 2.81. The number of aryl methyl sites for hydroxylation is 1. The summed E-state index contributed by atoms with van der Waals surface area (Å²) in [5, 5.41) is 3.64. The van der Waals surface area contributed by atoms with Crippen LogP contribution in [0.1, 0.15) is 50.4 Å². The van der Waals surface area contributed by atoms with E-state index < -0.39 is 0 Å². The number of methoxy groups -OCH3 is 1. The summed E-state index contributed by atoms with van der Waals surface area (Å²) in [4.78, 5) is 4.62. The second kappa shape index (κ2) is 8.25. The molecule has 20 heavy (non-hydrogen) atoms. The summed E-state index contributed by atoms with van der Waals surface area (Å²) in [6.45, 7) is 12.0. The van der Waals surface area contributed by atoms with E-state index in [0.29, 0.717) is 12.0 Å². The van der Waals surface area contributed by atoms with E-state index in [1.807, 2.05) is 13.1 Å². The number of pyridine rings is 1. The van der Waals surface area contributed by atoms with E-state index in [2.05, 4.69) is 38.0 Å². The molecule has 0 bridgehead atoms. The molecule has 0 aliphatic rings. The van der Waals surface area contributed by atoms with Gasteiger partial charge in [-0.15, -0.1) is 0 Å². The van der Waals surface area contributed by atoms with Crippen molar-refractivity contribution in [1.29, 1.82) is 0 Å². The number of rotatable bonds is 8. The Morgan fingerprint density at radius 1 is 1.30 bits per heavy atom. The van der Waals surface area contributed by atoms with Crippen LogP contribution in [0.5, 0.6) is 5.75 Å². The molecule has 1 aromatic heterocycles. The van der Waals surface area contributed by atoms with E-state index in [1.54, 1.807) is 7.11 Å². The van der Waals surface area contributed by atoms with Gasteiger partial charge in [0.15, 0.2) is 0 Å². The fourth-order valence-electron chi connectivity index (χ4n) is 2.80. The van der Waals surface area contributed by atoms with E-state index in [-0.39, 0.29) is 0 Å². The molecule has 114 valence electrons. The molecule has 3 nitrogen and oxygen atoms in total. The molecule has 2 atom stereocenters. The van der Waals surface area contributed by atoms with Crippen LogP contribution in [0.15, 0.2) is 6.20 Å². The molecule has 0 fully saturated rings. The zero-order valence-electron chi connectivity index (χ0n) is 13.9. The first-order chi connectivity index (χ1) is 9.54. The van der Waals surface area contributed by atoms with Crippen molar-refractivity contribution in [2.24, 2.45) is 5.92 Å². The van der Waals surface area contributed by atoms with Crippen LogP contribution in [-0.2, 0) is 6.42 Å². The van der Waals surface area contributed by atoms with Crippen LogP contribution in [-0.4, -0.2) is 24.7 Å². The Bertz CT molecular complexity index is 418. The monoisotopic (exact) mass is 278 g/mol. The standard InChI is InChI=1S/C17H30N2O/c1-7-9-18-15(8-2)12(3)10-16-14(5)17(20-6)13(4)11-19-16/h11-12,15,18H,7-10H2,1-6H3. The van der Waals surface area contributed by atoms with Crippen LogP contribution >= 0.6 is 0 Å². The highest BCUT2D eigenvalue weighted by Gasteiger charge is 2.18. The van der Waals surface area contributed by atoms with Gasteiger partial charge in [-0.25, -0.2) is 0 Å². The molecule has 0 radical (unpaired) electrons. The highest BCUT2D eigenvalue weighted by Crippen LogP contribution is 2.26. The van der Waals surface area contributed by atoms with Crippen LogP contribution in [0, 0.1) is 19.8 Å². The Kier molecular flexibility index (Phi) is 7.00. The second-order valence-electron chi connectivity index (χ2n) is 5.70. The van der Waals surface area contributed by atoms with Crippen LogP contribution in [0.25, 0.3) is 0 Å². The fourth-order valence-corrected chi connectivity index (χ4v) is 2.80. The molecule has 1 heterocycles. The molecular weight excluding hydrogens is 248 g/mol. The van der Waals surface area contributed by atoms with Gasteiger partial charge in [-0.1, -0.05) is 20.8 Å². The SMILES string of the molecule is CCCNC(CC)C(C)Cc1ncc(C)c(OC)c1C. The van der Waals surface area contributed by atoms with Crippen molar-refractivity contribution < 1.29 is 4.74 Å². The first kappa shape index (κ1) is 17.0. The van der Waals surface area contributed by atoms with Gasteiger partial charge in [0.05, 0.1) is 7.11 Å². The highest BCUT2D eigenvalue weighted by atomic mass is 16.5. The van der Waals surface area contributed by atoms with Crippen molar-refractivity contribution in [1.82, 2.24) is 10.3 Å². The molecule has 0 aliphatic heterocycles. The average molecular weight is 278 g/mol. The van der Waals surface area contributed by atoms with E-state index >= 15 is 0 Å². The van der Waals surface area contributed by atoms with Gasteiger partial charge < -0.3 is 10.1 Å². The summed E-state index contributed by atoms with van der Waals surface area (Å²) >= 11 is 0. The predicted octanol–water partition coefficient (Wildman–Crippen LogP) is 3.66. The molecule has 1 rings (SSSR count). The molecule has 0 aromatic carbocycles. The quantitative estimate of drug-likeness (QED) is 0.788.